The van der Waals surface area contributed by atoms with Crippen LogP contribution in [0.1, 0.15) is 29.0 Å². The summed E-state index contributed by atoms with van der Waals surface area (Å²) in [6, 6.07) is 16.2. The number of rotatable bonds is 8. The summed E-state index contributed by atoms with van der Waals surface area (Å²) in [7, 11) is 0. The lowest BCUT2D eigenvalue weighted by molar-refractivity contribution is -0.123. The first-order valence-corrected chi connectivity index (χ1v) is 9.86. The van der Waals surface area contributed by atoms with Crippen molar-refractivity contribution in [2.24, 2.45) is 0 Å². The van der Waals surface area contributed by atoms with Gasteiger partial charge in [-0.25, -0.2) is 4.39 Å². The van der Waals surface area contributed by atoms with Crippen molar-refractivity contribution in [3.63, 3.8) is 0 Å². The standard InChI is InChI=1S/C22H19FN2O3S/c1-2-27-19-12-15(13-24)5-10-18(19)28-14-21(26)25-22(20-4-3-11-29-20)16-6-8-17(23)9-7-16/h3-12,22H,2,14H2,1H3,(H,25,26)/t22-/m0/s1. The lowest BCUT2D eigenvalue weighted by Crippen LogP contribution is -2.33. The molecule has 0 saturated heterocycles. The number of amides is 1. The molecule has 7 heteroatoms. The molecule has 1 aromatic heterocycles. The molecule has 0 aliphatic rings. The van der Waals surface area contributed by atoms with E-state index in [2.05, 4.69) is 5.32 Å². The molecule has 1 N–H and O–H groups in total. The second-order valence-electron chi connectivity index (χ2n) is 6.06. The highest BCUT2D eigenvalue weighted by molar-refractivity contribution is 7.10. The van der Waals surface area contributed by atoms with E-state index in [4.69, 9.17) is 14.7 Å². The Morgan fingerprint density at radius 3 is 2.62 bits per heavy atom. The highest BCUT2D eigenvalue weighted by Gasteiger charge is 2.19. The molecule has 29 heavy (non-hydrogen) atoms. The molecule has 0 unspecified atom stereocenters. The monoisotopic (exact) mass is 410 g/mol. The largest absolute Gasteiger partial charge is 0.490 e. The highest BCUT2D eigenvalue weighted by Crippen LogP contribution is 2.29. The summed E-state index contributed by atoms with van der Waals surface area (Å²) in [5.74, 6) is 0.125. The number of thiophene rings is 1. The first kappa shape index (κ1) is 20.4. The number of benzene rings is 2. The van der Waals surface area contributed by atoms with Crippen molar-refractivity contribution < 1.29 is 18.7 Å². The van der Waals surface area contributed by atoms with Crippen LogP contribution in [-0.4, -0.2) is 19.1 Å². The van der Waals surface area contributed by atoms with Gasteiger partial charge in [0.05, 0.1) is 24.3 Å². The molecule has 0 saturated carbocycles. The van der Waals surface area contributed by atoms with Gasteiger partial charge in [0.15, 0.2) is 18.1 Å². The first-order chi connectivity index (χ1) is 14.1. The Kier molecular flexibility index (Phi) is 6.82. The van der Waals surface area contributed by atoms with Gasteiger partial charge in [-0.2, -0.15) is 5.26 Å². The Labute approximate surface area is 172 Å². The van der Waals surface area contributed by atoms with Gasteiger partial charge in [-0.1, -0.05) is 18.2 Å². The minimum absolute atomic E-state index is 0.227. The number of hydrogen-bond acceptors (Lipinski definition) is 5. The van der Waals surface area contributed by atoms with Gasteiger partial charge in [0, 0.05) is 10.9 Å². The van der Waals surface area contributed by atoms with Crippen LogP contribution in [0.15, 0.2) is 60.0 Å². The van der Waals surface area contributed by atoms with E-state index in [1.54, 1.807) is 30.3 Å². The van der Waals surface area contributed by atoms with Crippen LogP contribution < -0.4 is 14.8 Å². The number of hydrogen-bond donors (Lipinski definition) is 1. The average Bonchev–Trinajstić information content (AvgIpc) is 3.26. The molecule has 0 fully saturated rings. The molecular weight excluding hydrogens is 391 g/mol. The van der Waals surface area contributed by atoms with Crippen LogP contribution in [-0.2, 0) is 4.79 Å². The van der Waals surface area contributed by atoms with E-state index < -0.39 is 6.04 Å². The Hall–Kier alpha value is -3.37. The third-order valence-corrected chi connectivity index (χ3v) is 5.00. The van der Waals surface area contributed by atoms with Crippen molar-refractivity contribution >= 4 is 17.2 Å². The van der Waals surface area contributed by atoms with E-state index in [0.717, 1.165) is 10.4 Å². The number of carbonyl (C=O) groups is 1. The fourth-order valence-electron chi connectivity index (χ4n) is 2.74. The van der Waals surface area contributed by atoms with E-state index in [9.17, 15) is 9.18 Å². The van der Waals surface area contributed by atoms with E-state index >= 15 is 0 Å². The van der Waals surface area contributed by atoms with E-state index in [0.29, 0.717) is 23.7 Å². The molecule has 3 aromatic rings. The molecule has 5 nitrogen and oxygen atoms in total. The third-order valence-electron chi connectivity index (χ3n) is 4.07. The summed E-state index contributed by atoms with van der Waals surface area (Å²) < 4.78 is 24.4. The number of ether oxygens (including phenoxy) is 2. The minimum atomic E-state index is -0.404. The van der Waals surface area contributed by atoms with E-state index in [-0.39, 0.29) is 18.3 Å². The summed E-state index contributed by atoms with van der Waals surface area (Å²) in [6.07, 6.45) is 0. The van der Waals surface area contributed by atoms with Crippen LogP contribution in [0, 0.1) is 17.1 Å². The van der Waals surface area contributed by atoms with Gasteiger partial charge in [0.25, 0.3) is 5.91 Å². The fourth-order valence-corrected chi connectivity index (χ4v) is 3.54. The summed E-state index contributed by atoms with van der Waals surface area (Å²) in [4.78, 5) is 13.5. The minimum Gasteiger partial charge on any atom is -0.490 e. The second-order valence-corrected chi connectivity index (χ2v) is 7.04. The lowest BCUT2D eigenvalue weighted by atomic mass is 10.1. The Balaban J connectivity index is 1.71. The van der Waals surface area contributed by atoms with Crippen molar-refractivity contribution in [1.82, 2.24) is 5.32 Å². The molecule has 2 aromatic carbocycles. The average molecular weight is 410 g/mol. The summed E-state index contributed by atoms with van der Waals surface area (Å²) >= 11 is 1.50. The molecule has 0 radical (unpaired) electrons. The smallest absolute Gasteiger partial charge is 0.258 e. The van der Waals surface area contributed by atoms with Crippen molar-refractivity contribution in [2.75, 3.05) is 13.2 Å². The van der Waals surface area contributed by atoms with Crippen molar-refractivity contribution in [3.05, 3.63) is 81.8 Å². The summed E-state index contributed by atoms with van der Waals surface area (Å²) in [6.45, 7) is 2.00. The second kappa shape index (κ2) is 9.71. The summed E-state index contributed by atoms with van der Waals surface area (Å²) in [5.41, 5.74) is 1.22. The van der Waals surface area contributed by atoms with Gasteiger partial charge in [0.1, 0.15) is 5.82 Å². The lowest BCUT2D eigenvalue weighted by Gasteiger charge is -2.19. The van der Waals surface area contributed by atoms with Gasteiger partial charge in [-0.3, -0.25) is 4.79 Å². The molecule has 3 rings (SSSR count). The Morgan fingerprint density at radius 2 is 1.97 bits per heavy atom. The van der Waals surface area contributed by atoms with Crippen LogP contribution in [0.3, 0.4) is 0 Å². The van der Waals surface area contributed by atoms with Gasteiger partial charge < -0.3 is 14.8 Å². The summed E-state index contributed by atoms with van der Waals surface area (Å²) in [5, 5.41) is 13.9. The van der Waals surface area contributed by atoms with Crippen LogP contribution in [0.2, 0.25) is 0 Å². The first-order valence-electron chi connectivity index (χ1n) is 8.98. The normalized spacial score (nSPS) is 11.3. The SMILES string of the molecule is CCOc1cc(C#N)ccc1OCC(=O)N[C@@H](c1ccc(F)cc1)c1cccs1. The number of carbonyl (C=O) groups excluding carboxylic acids is 1. The molecule has 1 heterocycles. The van der Waals surface area contributed by atoms with Gasteiger partial charge in [0.2, 0.25) is 0 Å². The van der Waals surface area contributed by atoms with E-state index in [1.807, 2.05) is 30.5 Å². The maximum atomic E-state index is 13.3. The molecule has 148 valence electrons. The van der Waals surface area contributed by atoms with Crippen molar-refractivity contribution in [2.45, 2.75) is 13.0 Å². The number of halogens is 1. The van der Waals surface area contributed by atoms with Crippen LogP contribution in [0.4, 0.5) is 4.39 Å². The molecule has 0 aliphatic carbocycles. The van der Waals surface area contributed by atoms with Crippen molar-refractivity contribution in [1.29, 1.82) is 5.26 Å². The van der Waals surface area contributed by atoms with Gasteiger partial charge in [-0.15, -0.1) is 11.3 Å². The predicted octanol–water partition coefficient (Wildman–Crippen LogP) is 4.44. The molecular formula is C22H19FN2O3S. The topological polar surface area (TPSA) is 71.3 Å². The Morgan fingerprint density at radius 1 is 1.17 bits per heavy atom. The number of nitriles is 1. The van der Waals surface area contributed by atoms with Crippen LogP contribution in [0.5, 0.6) is 11.5 Å². The van der Waals surface area contributed by atoms with Gasteiger partial charge >= 0.3 is 0 Å². The van der Waals surface area contributed by atoms with Gasteiger partial charge in [-0.05, 0) is 48.2 Å². The zero-order chi connectivity index (χ0) is 20.6. The number of nitrogens with zero attached hydrogens (tertiary/aromatic N) is 1. The Bertz CT molecular complexity index is 998. The zero-order valence-corrected chi connectivity index (χ0v) is 16.5. The maximum absolute atomic E-state index is 13.3. The van der Waals surface area contributed by atoms with Crippen LogP contribution >= 0.6 is 11.3 Å². The predicted molar refractivity (Wildman–Crippen MR) is 109 cm³/mol. The molecule has 1 atom stereocenters. The van der Waals surface area contributed by atoms with Crippen molar-refractivity contribution in [3.8, 4) is 17.6 Å². The maximum Gasteiger partial charge on any atom is 0.258 e. The van der Waals surface area contributed by atoms with E-state index in [1.165, 1.54) is 23.5 Å². The number of nitrogens with one attached hydrogen (secondary N) is 1. The fraction of sp³-hybridized carbons (Fsp3) is 0.182. The third kappa shape index (κ3) is 5.33. The quantitative estimate of drug-likeness (QED) is 0.596. The molecule has 1 amide bonds. The van der Waals surface area contributed by atoms with Crippen LogP contribution in [0.25, 0.3) is 0 Å². The zero-order valence-electron chi connectivity index (χ0n) is 15.7. The molecule has 0 aliphatic heterocycles. The molecule has 0 bridgehead atoms. The molecule has 0 spiro atoms. The highest BCUT2D eigenvalue weighted by atomic mass is 32.1.